The highest BCUT2D eigenvalue weighted by Gasteiger charge is 2.21. The van der Waals surface area contributed by atoms with Gasteiger partial charge in [-0.15, -0.1) is 0 Å². The lowest BCUT2D eigenvalue weighted by atomic mass is 10.1. The molecule has 0 spiro atoms. The summed E-state index contributed by atoms with van der Waals surface area (Å²) in [5, 5.41) is 36.3. The van der Waals surface area contributed by atoms with Crippen molar-refractivity contribution < 1.29 is 20.1 Å². The number of nitrogens with one attached hydrogen (secondary N) is 2. The van der Waals surface area contributed by atoms with Crippen LogP contribution >= 0.6 is 0 Å². The van der Waals surface area contributed by atoms with E-state index < -0.39 is 5.91 Å². The van der Waals surface area contributed by atoms with Gasteiger partial charge in [-0.2, -0.15) is 15.0 Å². The van der Waals surface area contributed by atoms with E-state index in [0.717, 1.165) is 51.9 Å². The van der Waals surface area contributed by atoms with Gasteiger partial charge in [0.15, 0.2) is 0 Å². The molecule has 1 amide bonds. The molecule has 3 heterocycles. The Hall–Kier alpha value is -4.28. The summed E-state index contributed by atoms with van der Waals surface area (Å²) in [5.74, 6) is 0.490. The number of benzene rings is 2. The standard InChI is InChI=1S/C27H33N7O4/c1-17-21(35)11-9-19(23(17)37)24(38)29-20-10-8-18(16-22(20)36)28-25-30-26(33-12-4-2-5-13-33)32-27(31-25)34-14-6-3-7-15-34/h8-11,16,35-37H,2-7,12-15H2,1H3,(H,29,38)(H,28,30,31,32). The smallest absolute Gasteiger partial charge is 0.259 e. The molecular weight excluding hydrogens is 486 g/mol. The van der Waals surface area contributed by atoms with Gasteiger partial charge < -0.3 is 35.8 Å². The van der Waals surface area contributed by atoms with Gasteiger partial charge in [-0.25, -0.2) is 0 Å². The van der Waals surface area contributed by atoms with Crippen LogP contribution in [0.3, 0.4) is 0 Å². The fourth-order valence-electron chi connectivity index (χ4n) is 4.79. The second-order valence-electron chi connectivity index (χ2n) is 9.77. The Morgan fingerprint density at radius 2 is 1.39 bits per heavy atom. The second-order valence-corrected chi connectivity index (χ2v) is 9.77. The van der Waals surface area contributed by atoms with Crippen LogP contribution in [0.1, 0.15) is 54.4 Å². The van der Waals surface area contributed by atoms with Gasteiger partial charge in [0.2, 0.25) is 17.8 Å². The first-order chi connectivity index (χ1) is 18.4. The molecule has 1 aromatic heterocycles. The minimum Gasteiger partial charge on any atom is -0.508 e. The van der Waals surface area contributed by atoms with Crippen molar-refractivity contribution in [3.63, 3.8) is 0 Å². The zero-order chi connectivity index (χ0) is 26.6. The zero-order valence-electron chi connectivity index (χ0n) is 21.4. The maximum atomic E-state index is 12.7. The molecule has 38 heavy (non-hydrogen) atoms. The Balaban J connectivity index is 1.36. The Labute approximate surface area is 221 Å². The van der Waals surface area contributed by atoms with E-state index in [1.807, 2.05) is 0 Å². The van der Waals surface area contributed by atoms with Gasteiger partial charge in [0.25, 0.3) is 5.91 Å². The summed E-state index contributed by atoms with van der Waals surface area (Å²) in [7, 11) is 0. The number of hydrogen-bond acceptors (Lipinski definition) is 10. The maximum Gasteiger partial charge on any atom is 0.259 e. The third kappa shape index (κ3) is 5.51. The highest BCUT2D eigenvalue weighted by molar-refractivity contribution is 6.07. The largest absolute Gasteiger partial charge is 0.508 e. The van der Waals surface area contributed by atoms with Gasteiger partial charge in [-0.1, -0.05) is 0 Å². The predicted octanol–water partition coefficient (Wildman–Crippen LogP) is 4.27. The normalized spacial score (nSPS) is 15.8. The zero-order valence-corrected chi connectivity index (χ0v) is 21.4. The molecule has 3 aromatic rings. The van der Waals surface area contributed by atoms with Gasteiger partial charge in [0.05, 0.1) is 11.3 Å². The SMILES string of the molecule is Cc1c(O)ccc(C(=O)Nc2ccc(Nc3nc(N4CCCCC4)nc(N4CCCCC4)n3)cc2O)c1O. The molecule has 0 unspecified atom stereocenters. The summed E-state index contributed by atoms with van der Waals surface area (Å²) in [6, 6.07) is 7.38. The Kier molecular flexibility index (Phi) is 7.34. The van der Waals surface area contributed by atoms with E-state index in [1.165, 1.54) is 38.0 Å². The molecule has 5 N–H and O–H groups in total. The van der Waals surface area contributed by atoms with Crippen LogP contribution in [0.25, 0.3) is 0 Å². The molecule has 2 aromatic carbocycles. The topological polar surface area (TPSA) is 147 Å². The number of anilines is 5. The number of hydrogen-bond donors (Lipinski definition) is 5. The van der Waals surface area contributed by atoms with Gasteiger partial charge in [-0.3, -0.25) is 4.79 Å². The fourth-order valence-corrected chi connectivity index (χ4v) is 4.79. The molecule has 11 nitrogen and oxygen atoms in total. The van der Waals surface area contributed by atoms with Crippen molar-refractivity contribution in [3.05, 3.63) is 41.5 Å². The van der Waals surface area contributed by atoms with Gasteiger partial charge in [0, 0.05) is 43.5 Å². The number of piperidine rings is 2. The van der Waals surface area contributed by atoms with E-state index in [4.69, 9.17) is 4.98 Å². The highest BCUT2D eigenvalue weighted by atomic mass is 16.3. The van der Waals surface area contributed by atoms with Crippen molar-refractivity contribution in [2.24, 2.45) is 0 Å². The molecular formula is C27H33N7O4. The lowest BCUT2D eigenvalue weighted by Crippen LogP contribution is -2.34. The Morgan fingerprint density at radius 3 is 1.97 bits per heavy atom. The molecule has 200 valence electrons. The van der Waals surface area contributed by atoms with Crippen molar-refractivity contribution in [1.82, 2.24) is 15.0 Å². The third-order valence-corrected chi connectivity index (χ3v) is 7.04. The molecule has 5 rings (SSSR count). The predicted molar refractivity (Wildman–Crippen MR) is 146 cm³/mol. The number of carbonyl (C=O) groups excluding carboxylic acids is 1. The Morgan fingerprint density at radius 1 is 0.789 bits per heavy atom. The highest BCUT2D eigenvalue weighted by Crippen LogP contribution is 2.33. The summed E-state index contributed by atoms with van der Waals surface area (Å²) < 4.78 is 0. The molecule has 0 bridgehead atoms. The number of nitrogens with zero attached hydrogens (tertiary/aromatic N) is 5. The van der Waals surface area contributed by atoms with Crippen LogP contribution in [0, 0.1) is 6.92 Å². The summed E-state index contributed by atoms with van der Waals surface area (Å²) >= 11 is 0. The van der Waals surface area contributed by atoms with Crippen LogP contribution in [-0.2, 0) is 0 Å². The number of carbonyl (C=O) groups is 1. The fraction of sp³-hybridized carbons (Fsp3) is 0.407. The molecule has 0 radical (unpaired) electrons. The first-order valence-corrected chi connectivity index (χ1v) is 13.1. The van der Waals surface area contributed by atoms with Crippen molar-refractivity contribution in [2.45, 2.75) is 45.4 Å². The maximum absolute atomic E-state index is 12.7. The lowest BCUT2D eigenvalue weighted by Gasteiger charge is -2.30. The molecule has 2 fully saturated rings. The molecule has 0 atom stereocenters. The average molecular weight is 520 g/mol. The van der Waals surface area contributed by atoms with E-state index in [2.05, 4.69) is 30.4 Å². The minimum atomic E-state index is -0.614. The number of rotatable bonds is 6. The third-order valence-electron chi connectivity index (χ3n) is 7.04. The molecule has 2 aliphatic rings. The van der Waals surface area contributed by atoms with Gasteiger partial charge in [0.1, 0.15) is 17.2 Å². The van der Waals surface area contributed by atoms with Crippen molar-refractivity contribution in [3.8, 4) is 17.2 Å². The molecule has 0 aliphatic carbocycles. The van der Waals surface area contributed by atoms with E-state index in [-0.39, 0.29) is 34.1 Å². The summed E-state index contributed by atoms with van der Waals surface area (Å²) in [4.78, 5) is 31.2. The van der Waals surface area contributed by atoms with Crippen LogP contribution < -0.4 is 20.4 Å². The minimum absolute atomic E-state index is 0.0115. The van der Waals surface area contributed by atoms with Crippen molar-refractivity contribution in [2.75, 3.05) is 46.6 Å². The van der Waals surface area contributed by atoms with Crippen molar-refractivity contribution >= 4 is 35.1 Å². The quantitative estimate of drug-likeness (QED) is 0.299. The number of phenolic OH excluding ortho intramolecular Hbond substituents is 3. The number of aromatic hydroxyl groups is 3. The van der Waals surface area contributed by atoms with Crippen LogP contribution in [0.4, 0.5) is 29.2 Å². The van der Waals surface area contributed by atoms with Crippen molar-refractivity contribution in [1.29, 1.82) is 0 Å². The number of phenols is 3. The van der Waals surface area contributed by atoms with Crippen LogP contribution in [0.5, 0.6) is 17.2 Å². The monoisotopic (exact) mass is 519 g/mol. The first kappa shape index (κ1) is 25.4. The molecule has 0 saturated carbocycles. The van der Waals surface area contributed by atoms with E-state index in [1.54, 1.807) is 12.1 Å². The molecule has 2 aliphatic heterocycles. The molecule has 2 saturated heterocycles. The van der Waals surface area contributed by atoms with E-state index in [0.29, 0.717) is 23.5 Å². The van der Waals surface area contributed by atoms with Gasteiger partial charge >= 0.3 is 0 Å². The number of amides is 1. The second kappa shape index (κ2) is 11.0. The van der Waals surface area contributed by atoms with Crippen LogP contribution in [-0.4, -0.2) is 62.4 Å². The Bertz CT molecular complexity index is 1280. The summed E-state index contributed by atoms with van der Waals surface area (Å²) in [6.45, 7) is 5.15. The lowest BCUT2D eigenvalue weighted by molar-refractivity contribution is 0.102. The summed E-state index contributed by atoms with van der Waals surface area (Å²) in [5.41, 5.74) is 0.905. The van der Waals surface area contributed by atoms with Gasteiger partial charge in [-0.05, 0) is 69.7 Å². The van der Waals surface area contributed by atoms with Crippen LogP contribution in [0.2, 0.25) is 0 Å². The number of aromatic nitrogens is 3. The van der Waals surface area contributed by atoms with E-state index in [9.17, 15) is 20.1 Å². The summed E-state index contributed by atoms with van der Waals surface area (Å²) in [6.07, 6.45) is 6.84. The average Bonchev–Trinajstić information content (AvgIpc) is 2.94. The van der Waals surface area contributed by atoms with Crippen LogP contribution in [0.15, 0.2) is 30.3 Å². The van der Waals surface area contributed by atoms with E-state index >= 15 is 0 Å². The molecule has 11 heteroatoms. The first-order valence-electron chi connectivity index (χ1n) is 13.1.